The number of nitrogens with zero attached hydrogens (tertiary/aromatic N) is 2. The Kier molecular flexibility index (Phi) is 3.43. The minimum absolute atomic E-state index is 0.251. The van der Waals surface area contributed by atoms with Crippen molar-refractivity contribution in [3.63, 3.8) is 0 Å². The monoisotopic (exact) mass is 242 g/mol. The van der Waals surface area contributed by atoms with Crippen LogP contribution < -0.4 is 16.0 Å². The molecule has 0 fully saturated rings. The van der Waals surface area contributed by atoms with Gasteiger partial charge in [-0.05, 0) is 18.2 Å². The van der Waals surface area contributed by atoms with Gasteiger partial charge in [-0.1, -0.05) is 18.2 Å². The number of urea groups is 1. The fourth-order valence-corrected chi connectivity index (χ4v) is 1.54. The molecule has 1 heterocycles. The maximum atomic E-state index is 12.0. The van der Waals surface area contributed by atoms with Crippen LogP contribution in [0.3, 0.4) is 0 Å². The quantitative estimate of drug-likeness (QED) is 0.849. The molecule has 2 aromatic rings. The largest absolute Gasteiger partial charge is 0.396 e. The molecule has 0 radical (unpaired) electrons. The van der Waals surface area contributed by atoms with Gasteiger partial charge in [0.25, 0.3) is 0 Å². The molecule has 0 aliphatic heterocycles. The number of rotatable bonds is 2. The molecule has 92 valence electrons. The van der Waals surface area contributed by atoms with Crippen molar-refractivity contribution in [2.45, 2.75) is 0 Å². The van der Waals surface area contributed by atoms with E-state index in [-0.39, 0.29) is 6.03 Å². The van der Waals surface area contributed by atoms with E-state index in [2.05, 4.69) is 10.3 Å². The van der Waals surface area contributed by atoms with Gasteiger partial charge in [-0.3, -0.25) is 9.88 Å². The first kappa shape index (κ1) is 11.9. The molecule has 2 rings (SSSR count). The standard InChI is InChI=1S/C13H14N4O/c1-17(12-7-8-15-9-11(12)14)13(18)16-10-5-3-2-4-6-10/h2-9H,14H2,1H3,(H,16,18). The van der Waals surface area contributed by atoms with Crippen LogP contribution >= 0.6 is 0 Å². The molecule has 5 nitrogen and oxygen atoms in total. The molecule has 0 aliphatic rings. The van der Waals surface area contributed by atoms with Crippen LogP contribution in [0, 0.1) is 0 Å². The van der Waals surface area contributed by atoms with E-state index in [4.69, 9.17) is 5.73 Å². The molecule has 0 saturated carbocycles. The normalized spacial score (nSPS) is 9.83. The number of benzene rings is 1. The molecule has 3 N–H and O–H groups in total. The van der Waals surface area contributed by atoms with Crippen molar-refractivity contribution in [2.24, 2.45) is 0 Å². The van der Waals surface area contributed by atoms with Crippen LogP contribution in [0.2, 0.25) is 0 Å². The molecule has 1 aromatic heterocycles. The third-order valence-corrected chi connectivity index (χ3v) is 2.52. The molecule has 0 bridgehead atoms. The summed E-state index contributed by atoms with van der Waals surface area (Å²) in [5.74, 6) is 0. The van der Waals surface area contributed by atoms with Crippen LogP contribution in [0.5, 0.6) is 0 Å². The van der Waals surface area contributed by atoms with Crippen LogP contribution in [0.1, 0.15) is 0 Å². The van der Waals surface area contributed by atoms with Gasteiger partial charge in [0.05, 0.1) is 17.6 Å². The molecule has 0 atom stereocenters. The summed E-state index contributed by atoms with van der Waals surface area (Å²) in [5.41, 5.74) is 7.59. The number of anilines is 3. The molecule has 0 spiro atoms. The Morgan fingerprint density at radius 2 is 2.00 bits per heavy atom. The number of nitrogens with two attached hydrogens (primary N) is 1. The maximum Gasteiger partial charge on any atom is 0.326 e. The molecule has 5 heteroatoms. The number of hydrogen-bond donors (Lipinski definition) is 2. The number of nitrogens with one attached hydrogen (secondary N) is 1. The molecular weight excluding hydrogens is 228 g/mol. The second-order valence-corrected chi connectivity index (χ2v) is 3.79. The lowest BCUT2D eigenvalue weighted by atomic mass is 10.3. The number of pyridine rings is 1. The summed E-state index contributed by atoms with van der Waals surface area (Å²) < 4.78 is 0. The lowest BCUT2D eigenvalue weighted by Crippen LogP contribution is -2.31. The van der Waals surface area contributed by atoms with Gasteiger partial charge in [0.1, 0.15) is 0 Å². The smallest absolute Gasteiger partial charge is 0.326 e. The van der Waals surface area contributed by atoms with E-state index in [9.17, 15) is 4.79 Å². The SMILES string of the molecule is CN(C(=O)Nc1ccccc1)c1ccncc1N. The second kappa shape index (κ2) is 5.18. The zero-order chi connectivity index (χ0) is 13.0. The van der Waals surface area contributed by atoms with E-state index < -0.39 is 0 Å². The third kappa shape index (κ3) is 2.57. The maximum absolute atomic E-state index is 12.0. The van der Waals surface area contributed by atoms with Crippen LogP contribution in [-0.2, 0) is 0 Å². The minimum atomic E-state index is -0.251. The predicted molar refractivity (Wildman–Crippen MR) is 72.5 cm³/mol. The fourth-order valence-electron chi connectivity index (χ4n) is 1.54. The number of carbonyl (C=O) groups is 1. The number of amides is 2. The highest BCUT2D eigenvalue weighted by molar-refractivity contribution is 6.02. The first-order valence-corrected chi connectivity index (χ1v) is 5.47. The van der Waals surface area contributed by atoms with Gasteiger partial charge in [-0.25, -0.2) is 4.79 Å². The Bertz CT molecular complexity index is 542. The Morgan fingerprint density at radius 1 is 1.28 bits per heavy atom. The summed E-state index contributed by atoms with van der Waals surface area (Å²) in [4.78, 5) is 17.3. The Hall–Kier alpha value is -2.56. The van der Waals surface area contributed by atoms with Crippen LogP contribution in [-0.4, -0.2) is 18.1 Å². The van der Waals surface area contributed by atoms with Gasteiger partial charge in [-0.15, -0.1) is 0 Å². The number of aromatic nitrogens is 1. The molecular formula is C13H14N4O. The summed E-state index contributed by atoms with van der Waals surface area (Å²) in [6.45, 7) is 0. The van der Waals surface area contributed by atoms with Gasteiger partial charge < -0.3 is 11.1 Å². The van der Waals surface area contributed by atoms with Crippen molar-refractivity contribution in [3.8, 4) is 0 Å². The van der Waals surface area contributed by atoms with Crippen LogP contribution in [0.4, 0.5) is 21.9 Å². The zero-order valence-electron chi connectivity index (χ0n) is 10.00. The molecule has 0 aliphatic carbocycles. The summed E-state index contributed by atoms with van der Waals surface area (Å²) >= 11 is 0. The van der Waals surface area contributed by atoms with Crippen molar-refractivity contribution in [1.29, 1.82) is 0 Å². The van der Waals surface area contributed by atoms with Gasteiger partial charge in [0, 0.05) is 18.9 Å². The second-order valence-electron chi connectivity index (χ2n) is 3.79. The lowest BCUT2D eigenvalue weighted by Gasteiger charge is -2.19. The molecule has 18 heavy (non-hydrogen) atoms. The van der Waals surface area contributed by atoms with Gasteiger partial charge in [0.15, 0.2) is 0 Å². The molecule has 2 amide bonds. The fraction of sp³-hybridized carbons (Fsp3) is 0.0769. The highest BCUT2D eigenvalue weighted by Gasteiger charge is 2.13. The van der Waals surface area contributed by atoms with Crippen molar-refractivity contribution >= 4 is 23.1 Å². The summed E-state index contributed by atoms with van der Waals surface area (Å²) in [5, 5.41) is 2.78. The van der Waals surface area contributed by atoms with Crippen LogP contribution in [0.15, 0.2) is 48.8 Å². The number of para-hydroxylation sites is 1. The molecule has 0 saturated heterocycles. The minimum Gasteiger partial charge on any atom is -0.396 e. The van der Waals surface area contributed by atoms with Crippen LogP contribution in [0.25, 0.3) is 0 Å². The highest BCUT2D eigenvalue weighted by Crippen LogP contribution is 2.20. The Labute approximate surface area is 105 Å². The summed E-state index contributed by atoms with van der Waals surface area (Å²) in [6, 6.07) is 10.7. The average Bonchev–Trinajstić information content (AvgIpc) is 2.39. The van der Waals surface area contributed by atoms with Crippen molar-refractivity contribution in [2.75, 3.05) is 23.0 Å². The van der Waals surface area contributed by atoms with E-state index in [1.165, 1.54) is 11.1 Å². The van der Waals surface area contributed by atoms with Crippen molar-refractivity contribution in [3.05, 3.63) is 48.8 Å². The topological polar surface area (TPSA) is 71.2 Å². The summed E-state index contributed by atoms with van der Waals surface area (Å²) in [7, 11) is 1.66. The average molecular weight is 242 g/mol. The van der Waals surface area contributed by atoms with E-state index in [0.717, 1.165) is 5.69 Å². The van der Waals surface area contributed by atoms with Gasteiger partial charge in [0.2, 0.25) is 0 Å². The molecule has 1 aromatic carbocycles. The van der Waals surface area contributed by atoms with E-state index >= 15 is 0 Å². The Morgan fingerprint density at radius 3 is 2.67 bits per heavy atom. The number of hydrogen-bond acceptors (Lipinski definition) is 3. The number of carbonyl (C=O) groups excluding carboxylic acids is 1. The third-order valence-electron chi connectivity index (χ3n) is 2.52. The number of nitrogen functional groups attached to an aromatic ring is 1. The van der Waals surface area contributed by atoms with Crippen molar-refractivity contribution < 1.29 is 4.79 Å². The first-order valence-electron chi connectivity index (χ1n) is 5.47. The molecule has 0 unspecified atom stereocenters. The summed E-state index contributed by atoms with van der Waals surface area (Å²) in [6.07, 6.45) is 3.11. The Balaban J connectivity index is 2.13. The van der Waals surface area contributed by atoms with E-state index in [1.807, 2.05) is 30.3 Å². The van der Waals surface area contributed by atoms with E-state index in [0.29, 0.717) is 11.4 Å². The zero-order valence-corrected chi connectivity index (χ0v) is 10.00. The van der Waals surface area contributed by atoms with Crippen molar-refractivity contribution in [1.82, 2.24) is 4.98 Å². The lowest BCUT2D eigenvalue weighted by molar-refractivity contribution is 0.258. The predicted octanol–water partition coefficient (Wildman–Crippen LogP) is 2.33. The van der Waals surface area contributed by atoms with Gasteiger partial charge >= 0.3 is 6.03 Å². The van der Waals surface area contributed by atoms with E-state index in [1.54, 1.807) is 19.3 Å². The van der Waals surface area contributed by atoms with Gasteiger partial charge in [-0.2, -0.15) is 0 Å². The first-order chi connectivity index (χ1) is 8.68. The highest BCUT2D eigenvalue weighted by atomic mass is 16.2.